The molecule has 0 radical (unpaired) electrons. The molecule has 0 aromatic carbocycles. The fourth-order valence-electron chi connectivity index (χ4n) is 3.45. The van der Waals surface area contributed by atoms with Gasteiger partial charge < -0.3 is 11.1 Å². The summed E-state index contributed by atoms with van der Waals surface area (Å²) >= 11 is 0. The summed E-state index contributed by atoms with van der Waals surface area (Å²) in [5, 5.41) is 3.23. The molecular weight excluding hydrogens is 190 g/mol. The number of hydrogen-bond acceptors (Lipinski definition) is 3. The first-order valence-corrected chi connectivity index (χ1v) is 5.80. The van der Waals surface area contributed by atoms with E-state index in [2.05, 4.69) is 10.3 Å². The molecular formula is C11H17N3O. The highest BCUT2D eigenvalue weighted by Crippen LogP contribution is 2.54. The minimum Gasteiger partial charge on any atom is -0.368 e. The number of primary amides is 1. The van der Waals surface area contributed by atoms with Crippen LogP contribution < -0.4 is 11.1 Å². The first kappa shape index (κ1) is 9.19. The number of rotatable bonds is 2. The van der Waals surface area contributed by atoms with Crippen molar-refractivity contribution in [3.05, 3.63) is 0 Å². The topological polar surface area (TPSA) is 67.5 Å². The average molecular weight is 207 g/mol. The molecule has 2 aliphatic carbocycles. The van der Waals surface area contributed by atoms with Crippen molar-refractivity contribution in [2.75, 3.05) is 6.54 Å². The maximum absolute atomic E-state index is 11.1. The SMILES string of the molecule is NC(=O)C1CN=C(C23CCC(CC2)C3)N1. The maximum Gasteiger partial charge on any atom is 0.241 e. The van der Waals surface area contributed by atoms with Gasteiger partial charge in [0, 0.05) is 5.41 Å². The zero-order valence-corrected chi connectivity index (χ0v) is 8.83. The second kappa shape index (κ2) is 2.97. The summed E-state index contributed by atoms with van der Waals surface area (Å²) < 4.78 is 0. The molecule has 4 heteroatoms. The molecule has 1 atom stereocenters. The summed E-state index contributed by atoms with van der Waals surface area (Å²) in [5.74, 6) is 1.70. The Kier molecular flexibility index (Phi) is 1.82. The molecule has 3 rings (SSSR count). The third-order valence-electron chi connectivity index (χ3n) is 4.33. The highest BCUT2D eigenvalue weighted by Gasteiger charge is 2.49. The summed E-state index contributed by atoms with van der Waals surface area (Å²) in [6.07, 6.45) is 6.43. The summed E-state index contributed by atoms with van der Waals surface area (Å²) in [4.78, 5) is 15.5. The van der Waals surface area contributed by atoms with E-state index in [4.69, 9.17) is 5.73 Å². The molecule has 2 saturated carbocycles. The molecule has 15 heavy (non-hydrogen) atoms. The van der Waals surface area contributed by atoms with Crippen LogP contribution in [0.5, 0.6) is 0 Å². The van der Waals surface area contributed by atoms with Crippen molar-refractivity contribution >= 4 is 11.7 Å². The van der Waals surface area contributed by atoms with Gasteiger partial charge in [-0.2, -0.15) is 0 Å². The van der Waals surface area contributed by atoms with E-state index >= 15 is 0 Å². The smallest absolute Gasteiger partial charge is 0.241 e. The number of nitrogens with zero attached hydrogens (tertiary/aromatic N) is 1. The zero-order chi connectivity index (χ0) is 10.5. The number of amides is 1. The molecule has 1 amide bonds. The van der Waals surface area contributed by atoms with Crippen molar-refractivity contribution in [2.24, 2.45) is 22.1 Å². The van der Waals surface area contributed by atoms with E-state index in [-0.39, 0.29) is 17.4 Å². The Hall–Kier alpha value is -1.06. The Labute approximate surface area is 89.3 Å². The van der Waals surface area contributed by atoms with Gasteiger partial charge in [0.25, 0.3) is 0 Å². The minimum atomic E-state index is -0.280. The van der Waals surface area contributed by atoms with Gasteiger partial charge >= 0.3 is 0 Å². The molecule has 82 valence electrons. The second-order valence-electron chi connectivity index (χ2n) is 5.22. The highest BCUT2D eigenvalue weighted by molar-refractivity contribution is 5.95. The van der Waals surface area contributed by atoms with Crippen molar-refractivity contribution in [3.8, 4) is 0 Å². The van der Waals surface area contributed by atoms with Crippen molar-refractivity contribution in [3.63, 3.8) is 0 Å². The Morgan fingerprint density at radius 2 is 2.20 bits per heavy atom. The number of aliphatic imine (C=N–C) groups is 1. The van der Waals surface area contributed by atoms with Crippen LogP contribution in [0.4, 0.5) is 0 Å². The van der Waals surface area contributed by atoms with E-state index in [1.807, 2.05) is 0 Å². The van der Waals surface area contributed by atoms with Gasteiger partial charge in [-0.3, -0.25) is 9.79 Å². The minimum absolute atomic E-state index is 0.256. The largest absolute Gasteiger partial charge is 0.368 e. The highest BCUT2D eigenvalue weighted by atomic mass is 16.1. The Morgan fingerprint density at radius 3 is 2.67 bits per heavy atom. The van der Waals surface area contributed by atoms with Gasteiger partial charge in [-0.05, 0) is 38.0 Å². The fraction of sp³-hybridized carbons (Fsp3) is 0.818. The van der Waals surface area contributed by atoms with Crippen LogP contribution in [0.3, 0.4) is 0 Å². The van der Waals surface area contributed by atoms with E-state index in [1.165, 1.54) is 32.1 Å². The number of carbonyl (C=O) groups is 1. The van der Waals surface area contributed by atoms with Crippen molar-refractivity contribution < 1.29 is 4.79 Å². The number of carbonyl (C=O) groups excluding carboxylic acids is 1. The lowest BCUT2D eigenvalue weighted by atomic mass is 9.83. The Morgan fingerprint density at radius 1 is 1.47 bits per heavy atom. The lowest BCUT2D eigenvalue weighted by Crippen LogP contribution is -2.45. The van der Waals surface area contributed by atoms with Crippen LogP contribution in [0.15, 0.2) is 4.99 Å². The van der Waals surface area contributed by atoms with E-state index < -0.39 is 0 Å². The average Bonchev–Trinajstić information content (AvgIpc) is 2.93. The second-order valence-corrected chi connectivity index (χ2v) is 5.22. The predicted octanol–water partition coefficient (Wildman–Crippen LogP) is 0.422. The number of fused-ring (bicyclic) bond motifs is 2. The van der Waals surface area contributed by atoms with Gasteiger partial charge in [0.1, 0.15) is 11.9 Å². The Balaban J connectivity index is 1.77. The molecule has 2 fully saturated rings. The third kappa shape index (κ3) is 1.27. The molecule has 1 heterocycles. The van der Waals surface area contributed by atoms with Gasteiger partial charge in [0.15, 0.2) is 0 Å². The fourth-order valence-corrected chi connectivity index (χ4v) is 3.45. The van der Waals surface area contributed by atoms with Crippen molar-refractivity contribution in [1.29, 1.82) is 0 Å². The van der Waals surface area contributed by atoms with Crippen LogP contribution in [-0.2, 0) is 4.79 Å². The Bertz CT molecular complexity index is 329. The summed E-state index contributed by atoms with van der Waals surface area (Å²) in [5.41, 5.74) is 5.57. The van der Waals surface area contributed by atoms with Crippen molar-refractivity contribution in [1.82, 2.24) is 5.32 Å². The van der Waals surface area contributed by atoms with Crippen LogP contribution in [0.1, 0.15) is 32.1 Å². The van der Waals surface area contributed by atoms with E-state index in [9.17, 15) is 4.79 Å². The van der Waals surface area contributed by atoms with Gasteiger partial charge in [-0.25, -0.2) is 0 Å². The van der Waals surface area contributed by atoms with Crippen LogP contribution in [-0.4, -0.2) is 24.3 Å². The zero-order valence-electron chi connectivity index (χ0n) is 8.83. The number of amidine groups is 1. The standard InChI is InChI=1S/C11H17N3O/c12-9(15)8-6-13-10(14-8)11-3-1-7(5-11)2-4-11/h7-8H,1-6H2,(H2,12,15)(H,13,14). The van der Waals surface area contributed by atoms with Crippen molar-refractivity contribution in [2.45, 2.75) is 38.1 Å². The lowest BCUT2D eigenvalue weighted by Gasteiger charge is -2.27. The van der Waals surface area contributed by atoms with Gasteiger partial charge in [-0.1, -0.05) is 0 Å². The first-order chi connectivity index (χ1) is 7.20. The molecule has 3 aliphatic rings. The summed E-state index contributed by atoms with van der Waals surface area (Å²) in [6, 6.07) is -0.256. The van der Waals surface area contributed by atoms with E-state index in [0.717, 1.165) is 11.8 Å². The molecule has 1 aliphatic heterocycles. The number of hydrogen-bond donors (Lipinski definition) is 2. The summed E-state index contributed by atoms with van der Waals surface area (Å²) in [6.45, 7) is 0.539. The molecule has 0 aromatic heterocycles. The number of nitrogens with two attached hydrogens (primary N) is 1. The van der Waals surface area contributed by atoms with Crippen LogP contribution >= 0.6 is 0 Å². The molecule has 2 bridgehead atoms. The third-order valence-corrected chi connectivity index (χ3v) is 4.33. The lowest BCUT2D eigenvalue weighted by molar-refractivity contribution is -0.119. The van der Waals surface area contributed by atoms with Crippen LogP contribution in [0.25, 0.3) is 0 Å². The molecule has 0 aromatic rings. The maximum atomic E-state index is 11.1. The normalized spacial score (nSPS) is 42.8. The molecule has 0 spiro atoms. The number of nitrogens with one attached hydrogen (secondary N) is 1. The van der Waals surface area contributed by atoms with E-state index in [0.29, 0.717) is 6.54 Å². The van der Waals surface area contributed by atoms with Crippen LogP contribution in [0, 0.1) is 11.3 Å². The first-order valence-electron chi connectivity index (χ1n) is 5.80. The van der Waals surface area contributed by atoms with Gasteiger partial charge in [0.05, 0.1) is 6.54 Å². The molecule has 4 nitrogen and oxygen atoms in total. The summed E-state index contributed by atoms with van der Waals surface area (Å²) in [7, 11) is 0. The predicted molar refractivity (Wildman–Crippen MR) is 57.4 cm³/mol. The van der Waals surface area contributed by atoms with Gasteiger partial charge in [-0.15, -0.1) is 0 Å². The molecule has 3 N–H and O–H groups in total. The van der Waals surface area contributed by atoms with E-state index in [1.54, 1.807) is 0 Å². The van der Waals surface area contributed by atoms with Crippen LogP contribution in [0.2, 0.25) is 0 Å². The molecule has 0 saturated heterocycles. The molecule has 1 unspecified atom stereocenters. The quantitative estimate of drug-likeness (QED) is 0.689. The monoisotopic (exact) mass is 207 g/mol. The van der Waals surface area contributed by atoms with Gasteiger partial charge in [0.2, 0.25) is 5.91 Å².